The summed E-state index contributed by atoms with van der Waals surface area (Å²) < 4.78 is 5.36. The van der Waals surface area contributed by atoms with Crippen molar-refractivity contribution >= 4 is 23.4 Å². The number of hydrogen-bond donors (Lipinski definition) is 0. The van der Waals surface area contributed by atoms with Crippen molar-refractivity contribution in [2.24, 2.45) is 0 Å². The summed E-state index contributed by atoms with van der Waals surface area (Å²) in [5.74, 6) is 0. The third-order valence-corrected chi connectivity index (χ3v) is 3.20. The first-order valence-electron chi connectivity index (χ1n) is 6.57. The summed E-state index contributed by atoms with van der Waals surface area (Å²) >= 11 is 6.02. The topological polar surface area (TPSA) is 58.6 Å². The maximum Gasteiger partial charge on any atom is 0.410 e. The maximum absolute atomic E-state index is 12.0. The molecule has 0 radical (unpaired) electrons. The number of aromatic nitrogens is 2. The Morgan fingerprint density at radius 1 is 1.30 bits per heavy atom. The van der Waals surface area contributed by atoms with Crippen molar-refractivity contribution in [1.29, 1.82) is 0 Å². The van der Waals surface area contributed by atoms with Gasteiger partial charge >= 0.3 is 6.09 Å². The molecule has 1 aromatic heterocycles. The number of nitrogens with zero attached hydrogens (tertiary/aromatic N) is 4. The first kappa shape index (κ1) is 14.8. The summed E-state index contributed by atoms with van der Waals surface area (Å²) in [5.41, 5.74) is 0.387. The number of piperazine rings is 1. The normalized spacial score (nSPS) is 16.2. The van der Waals surface area contributed by atoms with Gasteiger partial charge in [-0.1, -0.05) is 11.6 Å². The number of carbonyl (C=O) groups is 1. The van der Waals surface area contributed by atoms with Gasteiger partial charge in [0.25, 0.3) is 0 Å². The molecule has 0 saturated carbocycles. The number of rotatable bonds is 1. The minimum Gasteiger partial charge on any atom is -0.444 e. The number of amides is 1. The molecule has 20 heavy (non-hydrogen) atoms. The van der Waals surface area contributed by atoms with Gasteiger partial charge in [-0.2, -0.15) is 5.10 Å². The Kier molecular flexibility index (Phi) is 4.32. The highest BCUT2D eigenvalue weighted by Gasteiger charge is 2.26. The predicted molar refractivity (Wildman–Crippen MR) is 77.1 cm³/mol. The third-order valence-electron chi connectivity index (χ3n) is 2.93. The van der Waals surface area contributed by atoms with E-state index in [4.69, 9.17) is 16.3 Å². The van der Waals surface area contributed by atoms with Crippen LogP contribution in [0.3, 0.4) is 0 Å². The molecule has 1 amide bonds. The van der Waals surface area contributed by atoms with Crippen molar-refractivity contribution < 1.29 is 9.53 Å². The standard InChI is InChI=1S/C13H19ClN4O2/c1-13(2,3)20-12(19)18-8-6-17(7-9-18)10-4-5-15-16-11(10)14/h4-5H,6-9H2,1-3H3. The summed E-state index contributed by atoms with van der Waals surface area (Å²) in [6.45, 7) is 8.20. The van der Waals surface area contributed by atoms with Crippen LogP contribution >= 0.6 is 11.6 Å². The second kappa shape index (κ2) is 5.83. The number of anilines is 1. The van der Waals surface area contributed by atoms with Gasteiger partial charge in [-0.05, 0) is 26.8 Å². The fourth-order valence-electron chi connectivity index (χ4n) is 2.00. The molecule has 1 fully saturated rings. The van der Waals surface area contributed by atoms with E-state index in [1.807, 2.05) is 26.8 Å². The lowest BCUT2D eigenvalue weighted by atomic mass is 10.2. The van der Waals surface area contributed by atoms with Gasteiger partial charge < -0.3 is 14.5 Å². The lowest BCUT2D eigenvalue weighted by Crippen LogP contribution is -2.50. The first-order valence-corrected chi connectivity index (χ1v) is 6.95. The molecule has 1 aliphatic rings. The highest BCUT2D eigenvalue weighted by molar-refractivity contribution is 6.31. The van der Waals surface area contributed by atoms with Gasteiger partial charge in [0.2, 0.25) is 0 Å². The van der Waals surface area contributed by atoms with Gasteiger partial charge in [-0.3, -0.25) is 0 Å². The SMILES string of the molecule is CC(C)(C)OC(=O)N1CCN(c2ccnnc2Cl)CC1. The molecule has 0 atom stereocenters. The van der Waals surface area contributed by atoms with Crippen molar-refractivity contribution in [3.63, 3.8) is 0 Å². The molecule has 0 unspecified atom stereocenters. The Hall–Kier alpha value is -1.56. The highest BCUT2D eigenvalue weighted by Crippen LogP contribution is 2.23. The summed E-state index contributed by atoms with van der Waals surface area (Å²) in [7, 11) is 0. The molecule has 6 nitrogen and oxygen atoms in total. The quantitative estimate of drug-likeness (QED) is 0.795. The van der Waals surface area contributed by atoms with Crippen molar-refractivity contribution in [3.8, 4) is 0 Å². The molecule has 110 valence electrons. The predicted octanol–water partition coefficient (Wildman–Crippen LogP) is 2.19. The third kappa shape index (κ3) is 3.72. The van der Waals surface area contributed by atoms with E-state index in [2.05, 4.69) is 15.1 Å². The summed E-state index contributed by atoms with van der Waals surface area (Å²) in [6.07, 6.45) is 1.35. The van der Waals surface area contributed by atoms with Gasteiger partial charge in [-0.15, -0.1) is 5.10 Å². The van der Waals surface area contributed by atoms with E-state index in [-0.39, 0.29) is 6.09 Å². The van der Waals surface area contributed by atoms with E-state index in [0.29, 0.717) is 31.3 Å². The average Bonchev–Trinajstić information content (AvgIpc) is 2.37. The molecule has 0 N–H and O–H groups in total. The molecule has 0 spiro atoms. The second-order valence-electron chi connectivity index (χ2n) is 5.66. The molecule has 2 heterocycles. The summed E-state index contributed by atoms with van der Waals surface area (Å²) in [6, 6.07) is 1.83. The van der Waals surface area contributed by atoms with Gasteiger partial charge in [0.05, 0.1) is 11.9 Å². The number of hydrogen-bond acceptors (Lipinski definition) is 5. The number of carbonyl (C=O) groups excluding carboxylic acids is 1. The van der Waals surface area contributed by atoms with Gasteiger partial charge in [0, 0.05) is 26.2 Å². The molecule has 7 heteroatoms. The van der Waals surface area contributed by atoms with Crippen LogP contribution in [0, 0.1) is 0 Å². The second-order valence-corrected chi connectivity index (χ2v) is 6.02. The highest BCUT2D eigenvalue weighted by atomic mass is 35.5. The Bertz CT molecular complexity index is 482. The van der Waals surface area contributed by atoms with E-state index in [1.54, 1.807) is 11.1 Å². The molecule has 0 aliphatic carbocycles. The molecule has 0 bridgehead atoms. The Labute approximate surface area is 123 Å². The fourth-order valence-corrected chi connectivity index (χ4v) is 2.23. The van der Waals surface area contributed by atoms with E-state index >= 15 is 0 Å². The lowest BCUT2D eigenvalue weighted by Gasteiger charge is -2.36. The van der Waals surface area contributed by atoms with Gasteiger partial charge in [0.1, 0.15) is 5.60 Å². The van der Waals surface area contributed by atoms with E-state index < -0.39 is 5.60 Å². The Morgan fingerprint density at radius 2 is 1.95 bits per heavy atom. The van der Waals surface area contributed by atoms with E-state index in [1.165, 1.54) is 0 Å². The van der Waals surface area contributed by atoms with E-state index in [9.17, 15) is 4.79 Å². The molecule has 1 aromatic rings. The van der Waals surface area contributed by atoms with E-state index in [0.717, 1.165) is 5.69 Å². The van der Waals surface area contributed by atoms with Crippen molar-refractivity contribution in [2.45, 2.75) is 26.4 Å². The molecular weight excluding hydrogens is 280 g/mol. The largest absolute Gasteiger partial charge is 0.444 e. The summed E-state index contributed by atoms with van der Waals surface area (Å²) in [5, 5.41) is 7.94. The summed E-state index contributed by atoms with van der Waals surface area (Å²) in [4.78, 5) is 15.8. The van der Waals surface area contributed by atoms with Crippen molar-refractivity contribution in [1.82, 2.24) is 15.1 Å². The molecule has 0 aromatic carbocycles. The zero-order chi connectivity index (χ0) is 14.8. The average molecular weight is 299 g/mol. The maximum atomic E-state index is 12.0. The molecule has 1 aliphatic heterocycles. The Balaban J connectivity index is 1.93. The van der Waals surface area contributed by atoms with Gasteiger partial charge in [0.15, 0.2) is 5.15 Å². The van der Waals surface area contributed by atoms with Crippen LogP contribution in [0.25, 0.3) is 0 Å². The lowest BCUT2D eigenvalue weighted by molar-refractivity contribution is 0.0240. The number of halogens is 1. The minimum absolute atomic E-state index is 0.267. The monoisotopic (exact) mass is 298 g/mol. The zero-order valence-corrected chi connectivity index (χ0v) is 12.7. The minimum atomic E-state index is -0.466. The van der Waals surface area contributed by atoms with Crippen LogP contribution in [0.15, 0.2) is 12.3 Å². The fraction of sp³-hybridized carbons (Fsp3) is 0.615. The van der Waals surface area contributed by atoms with Crippen LogP contribution in [-0.4, -0.2) is 53.0 Å². The Morgan fingerprint density at radius 3 is 2.50 bits per heavy atom. The molecule has 1 saturated heterocycles. The van der Waals surface area contributed by atoms with Crippen LogP contribution in [0.2, 0.25) is 5.15 Å². The van der Waals surface area contributed by atoms with Crippen LogP contribution in [0.5, 0.6) is 0 Å². The van der Waals surface area contributed by atoms with Crippen LogP contribution < -0.4 is 4.90 Å². The number of ether oxygens (including phenoxy) is 1. The van der Waals surface area contributed by atoms with Crippen LogP contribution in [0.4, 0.5) is 10.5 Å². The van der Waals surface area contributed by atoms with Gasteiger partial charge in [-0.25, -0.2) is 4.79 Å². The smallest absolute Gasteiger partial charge is 0.410 e. The van der Waals surface area contributed by atoms with Crippen LogP contribution in [0.1, 0.15) is 20.8 Å². The van der Waals surface area contributed by atoms with Crippen molar-refractivity contribution in [3.05, 3.63) is 17.4 Å². The zero-order valence-electron chi connectivity index (χ0n) is 12.0. The first-order chi connectivity index (χ1) is 9.37. The molecule has 2 rings (SSSR count). The van der Waals surface area contributed by atoms with Crippen LogP contribution in [-0.2, 0) is 4.74 Å². The van der Waals surface area contributed by atoms with Crippen molar-refractivity contribution in [2.75, 3.05) is 31.1 Å². The molecular formula is C13H19ClN4O2.